The molecule has 39 heavy (non-hydrogen) atoms. The minimum Gasteiger partial charge on any atom is -0.493 e. The highest BCUT2D eigenvalue weighted by atomic mass is 32.1. The first-order valence-electron chi connectivity index (χ1n) is 13.0. The number of amides is 2. The van der Waals surface area contributed by atoms with E-state index in [4.69, 9.17) is 9.47 Å². The normalized spacial score (nSPS) is 15.3. The molecule has 1 fully saturated rings. The van der Waals surface area contributed by atoms with Crippen LogP contribution in [0.3, 0.4) is 0 Å². The van der Waals surface area contributed by atoms with Gasteiger partial charge in [0.15, 0.2) is 11.5 Å². The molecule has 2 heterocycles. The van der Waals surface area contributed by atoms with Gasteiger partial charge in [-0.15, -0.1) is 11.3 Å². The van der Waals surface area contributed by atoms with Gasteiger partial charge in [0.2, 0.25) is 0 Å². The Morgan fingerprint density at radius 2 is 1.69 bits per heavy atom. The number of anilines is 1. The van der Waals surface area contributed by atoms with Crippen LogP contribution in [0.5, 0.6) is 11.5 Å². The lowest BCUT2D eigenvalue weighted by molar-refractivity contribution is -0.139. The van der Waals surface area contributed by atoms with Crippen molar-refractivity contribution in [1.29, 1.82) is 0 Å². The van der Waals surface area contributed by atoms with Crippen LogP contribution in [-0.4, -0.2) is 69.7 Å². The van der Waals surface area contributed by atoms with E-state index in [0.29, 0.717) is 24.5 Å². The molecule has 4 rings (SSSR count). The molecule has 0 spiro atoms. The number of methoxy groups -OCH3 is 2. The maximum atomic E-state index is 13.3. The molecule has 2 N–H and O–H groups in total. The first-order chi connectivity index (χ1) is 18.9. The topological polar surface area (TPSA) is 83.1 Å². The highest BCUT2D eigenvalue weighted by Crippen LogP contribution is 2.30. The second kappa shape index (κ2) is 13.4. The number of carbonyl (C=O) groups excluding carboxylic acids is 2. The second-order valence-electron chi connectivity index (χ2n) is 9.42. The fourth-order valence-corrected chi connectivity index (χ4v) is 5.86. The van der Waals surface area contributed by atoms with Crippen molar-refractivity contribution in [2.24, 2.45) is 0 Å². The van der Waals surface area contributed by atoms with Crippen molar-refractivity contribution >= 4 is 28.8 Å². The maximum absolute atomic E-state index is 13.3. The molecule has 1 aliphatic heterocycles. The van der Waals surface area contributed by atoms with E-state index in [1.54, 1.807) is 37.7 Å². The number of hydrogen-bond acceptors (Lipinski definition) is 7. The summed E-state index contributed by atoms with van der Waals surface area (Å²) in [4.78, 5) is 31.1. The summed E-state index contributed by atoms with van der Waals surface area (Å²) < 4.78 is 23.9. The van der Waals surface area contributed by atoms with Crippen LogP contribution >= 0.6 is 11.3 Å². The van der Waals surface area contributed by atoms with Crippen molar-refractivity contribution in [1.82, 2.24) is 15.5 Å². The van der Waals surface area contributed by atoms with E-state index < -0.39 is 11.8 Å². The van der Waals surface area contributed by atoms with Gasteiger partial charge in [-0.25, -0.2) is 4.39 Å². The number of piperazine rings is 1. The molecule has 1 aromatic heterocycles. The third-order valence-electron chi connectivity index (χ3n) is 6.92. The molecule has 2 amide bonds. The molecule has 3 aromatic rings. The maximum Gasteiger partial charge on any atom is 0.309 e. The highest BCUT2D eigenvalue weighted by Gasteiger charge is 2.32. The van der Waals surface area contributed by atoms with Gasteiger partial charge in [0.25, 0.3) is 0 Å². The summed E-state index contributed by atoms with van der Waals surface area (Å²) in [6.45, 7) is 5.37. The molecule has 10 heteroatoms. The lowest BCUT2D eigenvalue weighted by atomic mass is 10.0. The predicted octanol–water partition coefficient (Wildman–Crippen LogP) is 3.63. The summed E-state index contributed by atoms with van der Waals surface area (Å²) in [5, 5.41) is 7.66. The Kier molecular flexibility index (Phi) is 9.78. The zero-order valence-electron chi connectivity index (χ0n) is 22.5. The van der Waals surface area contributed by atoms with Crippen LogP contribution in [0.25, 0.3) is 0 Å². The molecule has 0 saturated carbocycles. The van der Waals surface area contributed by atoms with Gasteiger partial charge in [0, 0.05) is 49.3 Å². The van der Waals surface area contributed by atoms with Gasteiger partial charge in [-0.05, 0) is 66.8 Å². The standard InChI is InChI=1S/C29H35FN4O4S/c1-20(32-29(36)28(35)31-13-12-21-6-11-24(37-2)25(19-21)38-3)27(26-5-4-18-39-26)34-16-14-33(15-17-34)23-9-7-22(30)8-10-23/h4-11,18-20,27H,12-17H2,1-3H3,(H,31,35)(H,32,36)/t20-,27-/m0/s1. The van der Waals surface area contributed by atoms with E-state index >= 15 is 0 Å². The number of benzene rings is 2. The Labute approximate surface area is 232 Å². The zero-order chi connectivity index (χ0) is 27.8. The van der Waals surface area contributed by atoms with Crippen molar-refractivity contribution in [3.05, 3.63) is 76.2 Å². The van der Waals surface area contributed by atoms with Crippen LogP contribution in [0.1, 0.15) is 23.4 Å². The zero-order valence-corrected chi connectivity index (χ0v) is 23.3. The minimum absolute atomic E-state index is 0.0659. The Morgan fingerprint density at radius 1 is 0.974 bits per heavy atom. The fraction of sp³-hybridized carbons (Fsp3) is 0.379. The summed E-state index contributed by atoms with van der Waals surface area (Å²) in [5.74, 6) is -0.304. The molecule has 1 saturated heterocycles. The molecule has 1 aliphatic rings. The third-order valence-corrected chi connectivity index (χ3v) is 7.86. The molecule has 0 radical (unpaired) electrons. The Bertz CT molecular complexity index is 1230. The monoisotopic (exact) mass is 554 g/mol. The van der Waals surface area contributed by atoms with Crippen LogP contribution < -0.4 is 25.0 Å². The molecule has 0 aliphatic carbocycles. The first kappa shape index (κ1) is 28.4. The quantitative estimate of drug-likeness (QED) is 0.373. The van der Waals surface area contributed by atoms with E-state index in [0.717, 1.165) is 42.3 Å². The van der Waals surface area contributed by atoms with Crippen LogP contribution in [0.15, 0.2) is 60.0 Å². The van der Waals surface area contributed by atoms with Crippen molar-refractivity contribution in [3.63, 3.8) is 0 Å². The summed E-state index contributed by atoms with van der Waals surface area (Å²) in [6, 6.07) is 15.8. The Balaban J connectivity index is 1.31. The average molecular weight is 555 g/mol. The van der Waals surface area contributed by atoms with Crippen molar-refractivity contribution in [3.8, 4) is 11.5 Å². The van der Waals surface area contributed by atoms with Gasteiger partial charge in [-0.1, -0.05) is 12.1 Å². The van der Waals surface area contributed by atoms with E-state index in [1.807, 2.05) is 36.6 Å². The SMILES string of the molecule is COc1ccc(CCNC(=O)C(=O)N[C@@H](C)[C@@H](c2cccs2)N2CCN(c3ccc(F)cc3)CC2)cc1OC. The molecule has 2 atom stereocenters. The smallest absolute Gasteiger partial charge is 0.309 e. The van der Waals surface area contributed by atoms with E-state index in [9.17, 15) is 14.0 Å². The van der Waals surface area contributed by atoms with Crippen LogP contribution in [-0.2, 0) is 16.0 Å². The molecule has 0 unspecified atom stereocenters. The number of thiophene rings is 1. The second-order valence-corrected chi connectivity index (χ2v) is 10.4. The largest absolute Gasteiger partial charge is 0.493 e. The van der Waals surface area contributed by atoms with E-state index in [-0.39, 0.29) is 17.9 Å². The predicted molar refractivity (Wildman–Crippen MR) is 151 cm³/mol. The molecule has 2 aromatic carbocycles. The molecule has 8 nitrogen and oxygen atoms in total. The van der Waals surface area contributed by atoms with Crippen LogP contribution in [0.2, 0.25) is 0 Å². The molecule has 0 bridgehead atoms. The summed E-state index contributed by atoms with van der Waals surface area (Å²) in [6.07, 6.45) is 0.547. The Hall–Kier alpha value is -3.63. The number of rotatable bonds is 10. The highest BCUT2D eigenvalue weighted by molar-refractivity contribution is 7.10. The number of nitrogens with zero attached hydrogens (tertiary/aromatic N) is 2. The summed E-state index contributed by atoms with van der Waals surface area (Å²) in [5.41, 5.74) is 1.95. The molecular weight excluding hydrogens is 519 g/mol. The number of ether oxygens (including phenoxy) is 2. The van der Waals surface area contributed by atoms with Crippen LogP contribution in [0, 0.1) is 5.82 Å². The lowest BCUT2D eigenvalue weighted by Crippen LogP contribution is -2.53. The van der Waals surface area contributed by atoms with Gasteiger partial charge >= 0.3 is 11.8 Å². The third kappa shape index (κ3) is 7.27. The number of halogens is 1. The Morgan fingerprint density at radius 3 is 2.33 bits per heavy atom. The van der Waals surface area contributed by atoms with E-state index in [2.05, 4.69) is 26.5 Å². The van der Waals surface area contributed by atoms with Crippen molar-refractivity contribution in [2.45, 2.75) is 25.4 Å². The fourth-order valence-electron chi connectivity index (χ4n) is 4.90. The molecular formula is C29H35FN4O4S. The van der Waals surface area contributed by atoms with Gasteiger partial charge in [-0.3, -0.25) is 14.5 Å². The van der Waals surface area contributed by atoms with Gasteiger partial charge in [0.1, 0.15) is 5.82 Å². The van der Waals surface area contributed by atoms with Gasteiger partial charge in [0.05, 0.1) is 20.3 Å². The van der Waals surface area contributed by atoms with Crippen LogP contribution in [0.4, 0.5) is 10.1 Å². The van der Waals surface area contributed by atoms with E-state index in [1.165, 1.54) is 12.1 Å². The number of carbonyl (C=O) groups is 2. The number of nitrogens with one attached hydrogen (secondary N) is 2. The average Bonchev–Trinajstić information content (AvgIpc) is 3.48. The van der Waals surface area contributed by atoms with Gasteiger partial charge < -0.3 is 25.0 Å². The lowest BCUT2D eigenvalue weighted by Gasteiger charge is -2.42. The van der Waals surface area contributed by atoms with Crippen molar-refractivity contribution in [2.75, 3.05) is 51.8 Å². The van der Waals surface area contributed by atoms with Crippen molar-refractivity contribution < 1.29 is 23.5 Å². The first-order valence-corrected chi connectivity index (χ1v) is 13.8. The minimum atomic E-state index is -0.659. The number of hydrogen-bond donors (Lipinski definition) is 2. The summed E-state index contributed by atoms with van der Waals surface area (Å²) in [7, 11) is 3.15. The van der Waals surface area contributed by atoms with Gasteiger partial charge in [-0.2, -0.15) is 0 Å². The summed E-state index contributed by atoms with van der Waals surface area (Å²) >= 11 is 1.64. The molecule has 208 valence electrons.